The molecule has 2 fully saturated rings. The summed E-state index contributed by atoms with van der Waals surface area (Å²) < 4.78 is 5.07. The van der Waals surface area contributed by atoms with Gasteiger partial charge < -0.3 is 9.64 Å². The van der Waals surface area contributed by atoms with Gasteiger partial charge in [0.15, 0.2) is 5.44 Å². The number of hydrogen-bond donors (Lipinski definition) is 0. The topological polar surface area (TPSA) is 46.6 Å². The first-order valence-corrected chi connectivity index (χ1v) is 5.23. The van der Waals surface area contributed by atoms with Crippen LogP contribution < -0.4 is 0 Å². The summed E-state index contributed by atoms with van der Waals surface area (Å²) in [7, 11) is 0. The van der Waals surface area contributed by atoms with Crippen LogP contribution in [0.2, 0.25) is 0 Å². The molecule has 0 aromatic heterocycles. The van der Waals surface area contributed by atoms with E-state index in [1.54, 1.807) is 11.8 Å². The molecule has 2 saturated heterocycles. The van der Waals surface area contributed by atoms with E-state index in [-0.39, 0.29) is 22.7 Å². The van der Waals surface area contributed by atoms with Crippen LogP contribution in [-0.4, -0.2) is 34.1 Å². The van der Waals surface area contributed by atoms with Crippen molar-refractivity contribution >= 4 is 23.6 Å². The number of carbonyl (C=O) groups is 2. The third-order valence-corrected chi connectivity index (χ3v) is 3.60. The first-order chi connectivity index (χ1) is 6.16. The summed E-state index contributed by atoms with van der Waals surface area (Å²) in [5.41, 5.74) is -0.0492. The largest absolute Gasteiger partial charge is 0.451 e. The molecule has 72 valence electrons. The van der Waals surface area contributed by atoms with Gasteiger partial charge >= 0.3 is 5.97 Å². The zero-order valence-electron chi connectivity index (χ0n) is 7.36. The van der Waals surface area contributed by atoms with Crippen LogP contribution in [0.3, 0.4) is 0 Å². The maximum Gasteiger partial charge on any atom is 0.303 e. The highest BCUT2D eigenvalue weighted by molar-refractivity contribution is 8.00. The number of rotatable bonds is 1. The number of hydrogen-bond acceptors (Lipinski definition) is 4. The molecular weight excluding hydrogens is 190 g/mol. The Morgan fingerprint density at radius 1 is 1.69 bits per heavy atom. The Balaban J connectivity index is 1.86. The Morgan fingerprint density at radius 3 is 3.00 bits per heavy atom. The lowest BCUT2D eigenvalue weighted by molar-refractivity contribution is -0.146. The summed E-state index contributed by atoms with van der Waals surface area (Å²) in [5, 5.41) is 0.255. The first kappa shape index (κ1) is 8.87. The van der Waals surface area contributed by atoms with Gasteiger partial charge in [-0.2, -0.15) is 0 Å². The third kappa shape index (κ3) is 1.65. The Kier molecular flexibility index (Phi) is 2.19. The third-order valence-electron chi connectivity index (χ3n) is 2.23. The minimum absolute atomic E-state index is 0.0492. The molecule has 2 atom stereocenters. The minimum Gasteiger partial charge on any atom is -0.451 e. The van der Waals surface area contributed by atoms with Crippen LogP contribution in [-0.2, 0) is 14.3 Å². The van der Waals surface area contributed by atoms with E-state index in [1.165, 1.54) is 6.92 Å². The number of carbonyl (C=O) groups excluding carboxylic acids is 2. The number of esters is 1. The van der Waals surface area contributed by atoms with Gasteiger partial charge in [0.05, 0.1) is 11.8 Å². The van der Waals surface area contributed by atoms with Crippen LogP contribution in [0.5, 0.6) is 0 Å². The molecule has 1 unspecified atom stereocenters. The van der Waals surface area contributed by atoms with Gasteiger partial charge in [0, 0.05) is 19.9 Å². The van der Waals surface area contributed by atoms with Crippen molar-refractivity contribution in [3.8, 4) is 0 Å². The van der Waals surface area contributed by atoms with Gasteiger partial charge in [-0.3, -0.25) is 9.59 Å². The molecule has 2 rings (SSSR count). The average Bonchev–Trinajstić information content (AvgIpc) is 2.01. The molecule has 0 aromatic carbocycles. The summed E-state index contributed by atoms with van der Waals surface area (Å²) in [6, 6.07) is 0. The predicted molar refractivity (Wildman–Crippen MR) is 47.9 cm³/mol. The Hall–Kier alpha value is -0.710. The summed E-state index contributed by atoms with van der Waals surface area (Å²) >= 11 is 1.58. The number of amides is 1. The molecule has 2 heterocycles. The van der Waals surface area contributed by atoms with Crippen molar-refractivity contribution in [2.24, 2.45) is 0 Å². The monoisotopic (exact) mass is 201 g/mol. The number of β-lactam (4-membered cyclic amide) rings is 1. The van der Waals surface area contributed by atoms with Crippen LogP contribution in [0.4, 0.5) is 0 Å². The minimum atomic E-state index is -0.239. The van der Waals surface area contributed by atoms with Crippen molar-refractivity contribution in [3.05, 3.63) is 0 Å². The summed E-state index contributed by atoms with van der Waals surface area (Å²) in [6.07, 6.45) is 1.36. The molecule has 0 radical (unpaired) electrons. The fraction of sp³-hybridized carbons (Fsp3) is 0.750. The summed E-state index contributed by atoms with van der Waals surface area (Å²) in [5.74, 6) is -0.0182. The summed E-state index contributed by atoms with van der Waals surface area (Å²) in [4.78, 5) is 23.5. The van der Waals surface area contributed by atoms with Gasteiger partial charge in [0.1, 0.15) is 0 Å². The molecule has 5 heteroatoms. The number of fused-ring (bicyclic) bond motifs is 1. The predicted octanol–water partition coefficient (Wildman–Crippen LogP) is 0.571. The van der Waals surface area contributed by atoms with Crippen LogP contribution in [0.25, 0.3) is 0 Å². The van der Waals surface area contributed by atoms with Crippen molar-refractivity contribution in [1.29, 1.82) is 0 Å². The highest BCUT2D eigenvalue weighted by atomic mass is 32.2. The van der Waals surface area contributed by atoms with Gasteiger partial charge in [0.2, 0.25) is 5.91 Å². The van der Waals surface area contributed by atoms with E-state index in [0.717, 1.165) is 13.0 Å². The van der Waals surface area contributed by atoms with Crippen molar-refractivity contribution in [2.75, 3.05) is 6.54 Å². The molecule has 0 bridgehead atoms. The molecule has 13 heavy (non-hydrogen) atoms. The molecule has 4 nitrogen and oxygen atoms in total. The molecular formula is C8H11NO3S. The zero-order valence-corrected chi connectivity index (χ0v) is 8.17. The Labute approximate surface area is 80.6 Å². The van der Waals surface area contributed by atoms with Crippen LogP contribution in [0, 0.1) is 0 Å². The lowest BCUT2D eigenvalue weighted by Gasteiger charge is -2.45. The van der Waals surface area contributed by atoms with Gasteiger partial charge in [-0.25, -0.2) is 0 Å². The fourth-order valence-corrected chi connectivity index (χ4v) is 2.97. The molecule has 0 N–H and O–H groups in total. The molecule has 0 saturated carbocycles. The smallest absolute Gasteiger partial charge is 0.303 e. The van der Waals surface area contributed by atoms with Crippen LogP contribution in [0.1, 0.15) is 19.8 Å². The highest BCUT2D eigenvalue weighted by Gasteiger charge is 2.42. The zero-order chi connectivity index (χ0) is 9.42. The molecule has 0 aromatic rings. The fourth-order valence-electron chi connectivity index (χ4n) is 1.57. The Morgan fingerprint density at radius 2 is 2.46 bits per heavy atom. The SMILES string of the molecule is CC(=O)OC1CCN2C(=O)C[C@H]2S1. The lowest BCUT2D eigenvalue weighted by atomic mass is 10.2. The number of thioether (sulfide) groups is 1. The Bertz CT molecular complexity index is 256. The molecule has 0 aliphatic carbocycles. The van der Waals surface area contributed by atoms with E-state index >= 15 is 0 Å². The van der Waals surface area contributed by atoms with Crippen molar-refractivity contribution < 1.29 is 14.3 Å². The quantitative estimate of drug-likeness (QED) is 0.459. The first-order valence-electron chi connectivity index (χ1n) is 4.29. The van der Waals surface area contributed by atoms with Crippen molar-refractivity contribution in [2.45, 2.75) is 30.6 Å². The van der Waals surface area contributed by atoms with Crippen molar-refractivity contribution in [3.63, 3.8) is 0 Å². The second kappa shape index (κ2) is 3.21. The highest BCUT2D eigenvalue weighted by Crippen LogP contribution is 2.38. The van der Waals surface area contributed by atoms with Crippen molar-refractivity contribution in [1.82, 2.24) is 4.90 Å². The van der Waals surface area contributed by atoms with E-state index in [4.69, 9.17) is 4.74 Å². The van der Waals surface area contributed by atoms with Gasteiger partial charge in [0.25, 0.3) is 0 Å². The van der Waals surface area contributed by atoms with Gasteiger partial charge in [-0.1, -0.05) is 11.8 Å². The molecule has 2 aliphatic heterocycles. The van der Waals surface area contributed by atoms with E-state index in [1.807, 2.05) is 4.90 Å². The van der Waals surface area contributed by atoms with Crippen LogP contribution >= 0.6 is 11.8 Å². The molecule has 1 amide bonds. The maximum atomic E-state index is 11.0. The van der Waals surface area contributed by atoms with E-state index < -0.39 is 0 Å². The molecule has 0 spiro atoms. The van der Waals surface area contributed by atoms with E-state index in [9.17, 15) is 9.59 Å². The normalized spacial score (nSPS) is 32.1. The van der Waals surface area contributed by atoms with E-state index in [2.05, 4.69) is 0 Å². The maximum absolute atomic E-state index is 11.0. The van der Waals surface area contributed by atoms with Gasteiger partial charge in [-0.15, -0.1) is 0 Å². The lowest BCUT2D eigenvalue weighted by Crippen LogP contribution is -2.55. The van der Waals surface area contributed by atoms with E-state index in [0.29, 0.717) is 6.42 Å². The van der Waals surface area contributed by atoms with Crippen LogP contribution in [0.15, 0.2) is 0 Å². The average molecular weight is 201 g/mol. The standard InChI is InChI=1S/C8H11NO3S/c1-5(10)12-8-2-3-9-6(11)4-7(9)13-8/h7-8H,2-4H2,1H3/t7-,8?/m1/s1. The van der Waals surface area contributed by atoms with Gasteiger partial charge in [-0.05, 0) is 0 Å². The number of nitrogens with zero attached hydrogens (tertiary/aromatic N) is 1. The molecule has 2 aliphatic rings. The number of ether oxygens (including phenoxy) is 1. The second-order valence-corrected chi connectivity index (χ2v) is 4.55. The second-order valence-electron chi connectivity index (χ2n) is 3.21. The summed E-state index contributed by atoms with van der Waals surface area (Å²) in [6.45, 7) is 2.15.